The highest BCUT2D eigenvalue weighted by molar-refractivity contribution is 6.18. The van der Waals surface area contributed by atoms with Crippen LogP contribution in [0.4, 0.5) is 0 Å². The van der Waals surface area contributed by atoms with E-state index in [2.05, 4.69) is 28.7 Å². The highest BCUT2D eigenvalue weighted by atomic mass is 16.4. The highest BCUT2D eigenvalue weighted by Crippen LogP contribution is 2.29. The third-order valence-electron chi connectivity index (χ3n) is 4.97. The zero-order chi connectivity index (χ0) is 19.0. The monoisotopic (exact) mass is 363 g/mol. The average Bonchev–Trinajstić information content (AvgIpc) is 3.11. The number of amidine groups is 1. The molecule has 1 aliphatic heterocycles. The first kappa shape index (κ1) is 17.4. The number of hydrogen-bond donors (Lipinski definition) is 1. The zero-order valence-corrected chi connectivity index (χ0v) is 15.3. The lowest BCUT2D eigenvalue weighted by Crippen LogP contribution is -2.22. The van der Waals surface area contributed by atoms with Gasteiger partial charge in [0.25, 0.3) is 0 Å². The number of phenolic OH excluding ortho intramolecular Hbond substituents is 1. The summed E-state index contributed by atoms with van der Waals surface area (Å²) in [5.74, 6) is 0.519. The summed E-state index contributed by atoms with van der Waals surface area (Å²) in [4.78, 5) is 23.8. The van der Waals surface area contributed by atoms with Crippen molar-refractivity contribution >= 4 is 22.5 Å². The van der Waals surface area contributed by atoms with Gasteiger partial charge in [0.2, 0.25) is 0 Å². The standard InChI is InChI=1S/C21H21N3O3/c1-3-24(4-2)12-15-18(25)10-9-13-11-14(21(26)27-19(13)15)20-22-16-7-5-6-8-17(16)23-20/h5-11,16,25H,3-4,12H2,1-2H3. The Kier molecular flexibility index (Phi) is 4.49. The summed E-state index contributed by atoms with van der Waals surface area (Å²) in [6, 6.07) is 5.00. The summed E-state index contributed by atoms with van der Waals surface area (Å²) in [6.45, 7) is 6.30. The number of benzene rings is 1. The molecule has 4 rings (SSSR count). The maximum absolute atomic E-state index is 12.7. The van der Waals surface area contributed by atoms with E-state index in [1.54, 1.807) is 18.2 Å². The molecule has 6 nitrogen and oxygen atoms in total. The fourth-order valence-electron chi connectivity index (χ4n) is 3.36. The van der Waals surface area contributed by atoms with Gasteiger partial charge in [-0.3, -0.25) is 9.89 Å². The molecular formula is C21H21N3O3. The van der Waals surface area contributed by atoms with Gasteiger partial charge >= 0.3 is 5.63 Å². The molecule has 0 saturated heterocycles. The number of aliphatic imine (C=N–C) groups is 2. The van der Waals surface area contributed by atoms with Crippen LogP contribution in [0, 0.1) is 0 Å². The molecule has 0 bridgehead atoms. The second-order valence-electron chi connectivity index (χ2n) is 6.57. The van der Waals surface area contributed by atoms with Gasteiger partial charge in [-0.05, 0) is 37.4 Å². The number of hydrogen-bond acceptors (Lipinski definition) is 6. The molecule has 0 fully saturated rings. The molecule has 1 atom stereocenters. The van der Waals surface area contributed by atoms with Gasteiger partial charge in [-0.25, -0.2) is 9.79 Å². The normalized spacial score (nSPS) is 18.1. The highest BCUT2D eigenvalue weighted by Gasteiger charge is 2.24. The van der Waals surface area contributed by atoms with Crippen LogP contribution in [0.5, 0.6) is 5.75 Å². The zero-order valence-electron chi connectivity index (χ0n) is 15.3. The third-order valence-corrected chi connectivity index (χ3v) is 4.97. The van der Waals surface area contributed by atoms with Crippen LogP contribution in [0.1, 0.15) is 25.0 Å². The molecule has 1 N–H and O–H groups in total. The van der Waals surface area contributed by atoms with Gasteiger partial charge in [0, 0.05) is 11.9 Å². The second-order valence-corrected chi connectivity index (χ2v) is 6.57. The van der Waals surface area contributed by atoms with E-state index in [4.69, 9.17) is 4.42 Å². The van der Waals surface area contributed by atoms with E-state index in [0.29, 0.717) is 29.1 Å². The van der Waals surface area contributed by atoms with Crippen molar-refractivity contribution in [1.29, 1.82) is 0 Å². The van der Waals surface area contributed by atoms with Gasteiger partial charge in [0.15, 0.2) is 5.84 Å². The molecular weight excluding hydrogens is 342 g/mol. The maximum atomic E-state index is 12.7. The Labute approximate surface area is 156 Å². The molecule has 27 heavy (non-hydrogen) atoms. The first-order chi connectivity index (χ1) is 13.1. The van der Waals surface area contributed by atoms with E-state index in [9.17, 15) is 9.90 Å². The molecule has 2 aliphatic rings. The van der Waals surface area contributed by atoms with Gasteiger partial charge < -0.3 is 9.52 Å². The van der Waals surface area contributed by atoms with Gasteiger partial charge in [0.05, 0.1) is 11.3 Å². The number of aromatic hydroxyl groups is 1. The van der Waals surface area contributed by atoms with Crippen molar-refractivity contribution < 1.29 is 9.52 Å². The number of rotatable bonds is 5. The summed E-state index contributed by atoms with van der Waals surface area (Å²) in [5.41, 5.74) is 1.70. The predicted octanol–water partition coefficient (Wildman–Crippen LogP) is 3.04. The largest absolute Gasteiger partial charge is 0.507 e. The van der Waals surface area contributed by atoms with Crippen molar-refractivity contribution in [3.05, 3.63) is 64.1 Å². The first-order valence-electron chi connectivity index (χ1n) is 9.13. The molecule has 0 amide bonds. The molecule has 1 aliphatic carbocycles. The summed E-state index contributed by atoms with van der Waals surface area (Å²) in [7, 11) is 0. The van der Waals surface area contributed by atoms with Crippen LogP contribution in [0.15, 0.2) is 61.7 Å². The Morgan fingerprint density at radius 2 is 2.04 bits per heavy atom. The van der Waals surface area contributed by atoms with Crippen LogP contribution < -0.4 is 5.63 Å². The van der Waals surface area contributed by atoms with Crippen LogP contribution in [-0.2, 0) is 6.54 Å². The first-order valence-corrected chi connectivity index (χ1v) is 9.13. The molecule has 2 heterocycles. The summed E-state index contributed by atoms with van der Waals surface area (Å²) in [6.07, 6.45) is 7.65. The summed E-state index contributed by atoms with van der Waals surface area (Å²) >= 11 is 0. The number of phenols is 1. The van der Waals surface area contributed by atoms with Crippen LogP contribution in [-0.4, -0.2) is 40.7 Å². The topological polar surface area (TPSA) is 78.4 Å². The Morgan fingerprint density at radius 1 is 1.22 bits per heavy atom. The van der Waals surface area contributed by atoms with Crippen LogP contribution in [0.25, 0.3) is 11.0 Å². The summed E-state index contributed by atoms with van der Waals surface area (Å²) < 4.78 is 5.63. The van der Waals surface area contributed by atoms with Gasteiger partial charge in [-0.15, -0.1) is 0 Å². The molecule has 138 valence electrons. The minimum Gasteiger partial charge on any atom is -0.507 e. The van der Waals surface area contributed by atoms with E-state index < -0.39 is 5.63 Å². The number of fused-ring (bicyclic) bond motifs is 2. The molecule has 0 spiro atoms. The molecule has 0 saturated carbocycles. The average molecular weight is 363 g/mol. The minimum atomic E-state index is -0.497. The third kappa shape index (κ3) is 3.13. The lowest BCUT2D eigenvalue weighted by Gasteiger charge is -2.19. The predicted molar refractivity (Wildman–Crippen MR) is 107 cm³/mol. The number of allylic oxidation sites excluding steroid dienone is 2. The second kappa shape index (κ2) is 6.96. The Morgan fingerprint density at radius 3 is 2.78 bits per heavy atom. The lowest BCUT2D eigenvalue weighted by atomic mass is 10.1. The van der Waals surface area contributed by atoms with E-state index >= 15 is 0 Å². The Balaban J connectivity index is 1.81. The van der Waals surface area contributed by atoms with Crippen LogP contribution in [0.2, 0.25) is 0 Å². The fourth-order valence-corrected chi connectivity index (χ4v) is 3.36. The van der Waals surface area contributed by atoms with Crippen molar-refractivity contribution in [3.8, 4) is 5.75 Å². The van der Waals surface area contributed by atoms with E-state index in [-0.39, 0.29) is 11.8 Å². The van der Waals surface area contributed by atoms with E-state index in [1.165, 1.54) is 0 Å². The van der Waals surface area contributed by atoms with Crippen molar-refractivity contribution in [3.63, 3.8) is 0 Å². The molecule has 6 heteroatoms. The molecule has 1 unspecified atom stereocenters. The molecule has 1 aromatic heterocycles. The van der Waals surface area contributed by atoms with Crippen LogP contribution >= 0.6 is 0 Å². The van der Waals surface area contributed by atoms with Crippen molar-refractivity contribution in [2.24, 2.45) is 9.98 Å². The van der Waals surface area contributed by atoms with Crippen LogP contribution in [0.3, 0.4) is 0 Å². The van der Waals surface area contributed by atoms with Gasteiger partial charge in [-0.2, -0.15) is 0 Å². The van der Waals surface area contributed by atoms with Crippen molar-refractivity contribution in [2.75, 3.05) is 13.1 Å². The SMILES string of the molecule is CCN(CC)Cc1c(O)ccc2cc(C3=NC4C=CC=CC4=N3)c(=O)oc12. The quantitative estimate of drug-likeness (QED) is 0.828. The molecule has 0 radical (unpaired) electrons. The van der Waals surface area contributed by atoms with Gasteiger partial charge in [-0.1, -0.05) is 32.1 Å². The fraction of sp³-hybridized carbons (Fsp3) is 0.286. The van der Waals surface area contributed by atoms with E-state index in [0.717, 1.165) is 24.2 Å². The maximum Gasteiger partial charge on any atom is 0.347 e. The van der Waals surface area contributed by atoms with Gasteiger partial charge in [0.1, 0.15) is 22.9 Å². The Hall–Kier alpha value is -2.99. The smallest absolute Gasteiger partial charge is 0.347 e. The Bertz CT molecular complexity index is 1070. The summed E-state index contributed by atoms with van der Waals surface area (Å²) in [5, 5.41) is 11.1. The van der Waals surface area contributed by atoms with Crippen molar-refractivity contribution in [2.45, 2.75) is 26.4 Å². The molecule has 1 aromatic carbocycles. The molecule has 2 aromatic rings. The lowest BCUT2D eigenvalue weighted by molar-refractivity contribution is 0.290. The minimum absolute atomic E-state index is 0.130. The van der Waals surface area contributed by atoms with Crippen molar-refractivity contribution in [1.82, 2.24) is 4.90 Å². The number of nitrogens with zero attached hydrogens (tertiary/aromatic N) is 3. The van der Waals surface area contributed by atoms with E-state index in [1.807, 2.05) is 24.3 Å².